The summed E-state index contributed by atoms with van der Waals surface area (Å²) >= 11 is 1.78. The van der Waals surface area contributed by atoms with Gasteiger partial charge in [-0.05, 0) is 48.6 Å². The molecule has 1 aliphatic rings. The maximum atomic E-state index is 5.73. The van der Waals surface area contributed by atoms with Crippen molar-refractivity contribution >= 4 is 11.3 Å². The monoisotopic (exact) mass is 268 g/mol. The van der Waals surface area contributed by atoms with Crippen molar-refractivity contribution in [2.24, 2.45) is 5.73 Å². The van der Waals surface area contributed by atoms with Crippen LogP contribution in [0.2, 0.25) is 0 Å². The molecule has 0 saturated heterocycles. The Bertz CT molecular complexity index is 325. The molecule has 0 aliphatic heterocycles. The molecular formula is C14H24N2OS. The second kappa shape index (κ2) is 7.24. The largest absolute Gasteiger partial charge is 0.377 e. The van der Waals surface area contributed by atoms with Crippen molar-refractivity contribution in [3.8, 4) is 0 Å². The second-order valence-electron chi connectivity index (χ2n) is 4.93. The van der Waals surface area contributed by atoms with Crippen LogP contribution >= 0.6 is 11.3 Å². The molecular weight excluding hydrogens is 244 g/mol. The fraction of sp³-hybridized carbons (Fsp3) is 0.714. The molecule has 1 unspecified atom stereocenters. The van der Waals surface area contributed by atoms with Crippen molar-refractivity contribution in [3.63, 3.8) is 0 Å². The SMILES string of the molecule is CCOC(CN)CCN(Cc1ccsc1)C1CC1. The molecule has 1 atom stereocenters. The van der Waals surface area contributed by atoms with E-state index in [4.69, 9.17) is 10.5 Å². The van der Waals surface area contributed by atoms with Crippen LogP contribution in [0.4, 0.5) is 0 Å². The van der Waals surface area contributed by atoms with E-state index in [9.17, 15) is 0 Å². The van der Waals surface area contributed by atoms with Crippen molar-refractivity contribution in [1.82, 2.24) is 4.90 Å². The maximum Gasteiger partial charge on any atom is 0.0709 e. The summed E-state index contributed by atoms with van der Waals surface area (Å²) < 4.78 is 5.63. The van der Waals surface area contributed by atoms with Gasteiger partial charge in [0.25, 0.3) is 0 Å². The van der Waals surface area contributed by atoms with Gasteiger partial charge in [-0.2, -0.15) is 11.3 Å². The first-order valence-electron chi connectivity index (χ1n) is 6.90. The standard InChI is InChI=1S/C14H24N2OS/c1-2-17-14(9-15)5-7-16(13-3-4-13)10-12-6-8-18-11-12/h6,8,11,13-14H,2-5,7,9-10,15H2,1H3. The summed E-state index contributed by atoms with van der Waals surface area (Å²) in [6, 6.07) is 3.02. The van der Waals surface area contributed by atoms with E-state index in [0.717, 1.165) is 32.2 Å². The molecule has 102 valence electrons. The Kier molecular flexibility index (Phi) is 5.63. The van der Waals surface area contributed by atoms with E-state index in [0.29, 0.717) is 6.54 Å². The van der Waals surface area contributed by atoms with Crippen molar-refractivity contribution in [3.05, 3.63) is 22.4 Å². The van der Waals surface area contributed by atoms with Crippen LogP contribution in [0.3, 0.4) is 0 Å². The molecule has 0 radical (unpaired) electrons. The molecule has 0 spiro atoms. The van der Waals surface area contributed by atoms with Crippen LogP contribution in [-0.4, -0.2) is 36.7 Å². The first-order valence-corrected chi connectivity index (χ1v) is 7.84. The van der Waals surface area contributed by atoms with Crippen LogP contribution in [0.15, 0.2) is 16.8 Å². The van der Waals surface area contributed by atoms with Crippen molar-refractivity contribution in [1.29, 1.82) is 0 Å². The summed E-state index contributed by atoms with van der Waals surface area (Å²) in [6.45, 7) is 5.60. The fourth-order valence-corrected chi connectivity index (χ4v) is 2.92. The van der Waals surface area contributed by atoms with E-state index < -0.39 is 0 Å². The van der Waals surface area contributed by atoms with Crippen molar-refractivity contribution < 1.29 is 4.74 Å². The summed E-state index contributed by atoms with van der Waals surface area (Å²) in [5.41, 5.74) is 7.17. The third-order valence-corrected chi connectivity index (χ3v) is 4.16. The summed E-state index contributed by atoms with van der Waals surface area (Å²) in [4.78, 5) is 2.59. The number of thiophene rings is 1. The van der Waals surface area contributed by atoms with Gasteiger partial charge in [0, 0.05) is 32.3 Å². The average molecular weight is 268 g/mol. The zero-order chi connectivity index (χ0) is 12.8. The average Bonchev–Trinajstić information content (AvgIpc) is 3.11. The van der Waals surface area contributed by atoms with Crippen LogP contribution in [-0.2, 0) is 11.3 Å². The number of nitrogens with two attached hydrogens (primary N) is 1. The number of nitrogens with zero attached hydrogens (tertiary/aromatic N) is 1. The third-order valence-electron chi connectivity index (χ3n) is 3.43. The predicted octanol–water partition coefficient (Wildman–Crippen LogP) is 2.47. The molecule has 0 bridgehead atoms. The Morgan fingerprint density at radius 1 is 1.56 bits per heavy atom. The minimum atomic E-state index is 0.221. The molecule has 1 heterocycles. The minimum absolute atomic E-state index is 0.221. The van der Waals surface area contributed by atoms with Crippen molar-refractivity contribution in [2.75, 3.05) is 19.7 Å². The third kappa shape index (κ3) is 4.35. The smallest absolute Gasteiger partial charge is 0.0709 e. The van der Waals surface area contributed by atoms with Crippen LogP contribution in [0.25, 0.3) is 0 Å². The van der Waals surface area contributed by atoms with Gasteiger partial charge in [0.1, 0.15) is 0 Å². The summed E-state index contributed by atoms with van der Waals surface area (Å²) in [5, 5.41) is 4.40. The number of rotatable bonds is 9. The lowest BCUT2D eigenvalue weighted by Gasteiger charge is -2.24. The lowest BCUT2D eigenvalue weighted by Crippen LogP contribution is -2.32. The molecule has 18 heavy (non-hydrogen) atoms. The Hall–Kier alpha value is -0.420. The van der Waals surface area contributed by atoms with Crippen LogP contribution in [0.1, 0.15) is 31.7 Å². The van der Waals surface area contributed by atoms with Crippen LogP contribution in [0, 0.1) is 0 Å². The van der Waals surface area contributed by atoms with Gasteiger partial charge in [0.05, 0.1) is 6.10 Å². The Morgan fingerprint density at radius 3 is 2.94 bits per heavy atom. The summed E-state index contributed by atoms with van der Waals surface area (Å²) in [5.74, 6) is 0. The number of hydrogen-bond donors (Lipinski definition) is 1. The maximum absolute atomic E-state index is 5.73. The first kappa shape index (κ1) is 14.0. The molecule has 2 N–H and O–H groups in total. The molecule has 1 fully saturated rings. The zero-order valence-corrected chi connectivity index (χ0v) is 12.0. The molecule has 1 aromatic heterocycles. The molecule has 3 nitrogen and oxygen atoms in total. The lowest BCUT2D eigenvalue weighted by atomic mass is 10.2. The molecule has 2 rings (SSSR count). The van der Waals surface area contributed by atoms with Gasteiger partial charge >= 0.3 is 0 Å². The molecule has 0 aromatic carbocycles. The van der Waals surface area contributed by atoms with Crippen LogP contribution < -0.4 is 5.73 Å². The molecule has 1 aliphatic carbocycles. The topological polar surface area (TPSA) is 38.5 Å². The first-order chi connectivity index (χ1) is 8.83. The van der Waals surface area contributed by atoms with E-state index in [2.05, 4.69) is 21.7 Å². The number of ether oxygens (including phenoxy) is 1. The number of hydrogen-bond acceptors (Lipinski definition) is 4. The van der Waals surface area contributed by atoms with Gasteiger partial charge in [0.15, 0.2) is 0 Å². The van der Waals surface area contributed by atoms with Gasteiger partial charge in [-0.3, -0.25) is 4.90 Å². The zero-order valence-electron chi connectivity index (χ0n) is 11.2. The van der Waals surface area contributed by atoms with E-state index in [1.165, 1.54) is 18.4 Å². The van der Waals surface area contributed by atoms with Gasteiger partial charge < -0.3 is 10.5 Å². The quantitative estimate of drug-likeness (QED) is 0.748. The highest BCUT2D eigenvalue weighted by Crippen LogP contribution is 2.29. The van der Waals surface area contributed by atoms with Gasteiger partial charge in [-0.1, -0.05) is 0 Å². The minimum Gasteiger partial charge on any atom is -0.377 e. The van der Waals surface area contributed by atoms with E-state index >= 15 is 0 Å². The highest BCUT2D eigenvalue weighted by Gasteiger charge is 2.29. The Labute approximate surface area is 114 Å². The Morgan fingerprint density at radius 2 is 2.39 bits per heavy atom. The molecule has 1 aromatic rings. The lowest BCUT2D eigenvalue weighted by molar-refractivity contribution is 0.0528. The summed E-state index contributed by atoms with van der Waals surface area (Å²) in [7, 11) is 0. The Balaban J connectivity index is 1.79. The highest BCUT2D eigenvalue weighted by molar-refractivity contribution is 7.07. The van der Waals surface area contributed by atoms with Crippen molar-refractivity contribution in [2.45, 2.75) is 44.9 Å². The van der Waals surface area contributed by atoms with E-state index in [1.54, 1.807) is 11.3 Å². The normalized spacial score (nSPS) is 17.3. The summed E-state index contributed by atoms with van der Waals surface area (Å²) in [6.07, 6.45) is 3.97. The van der Waals surface area contributed by atoms with Gasteiger partial charge in [0.2, 0.25) is 0 Å². The second-order valence-corrected chi connectivity index (χ2v) is 5.72. The highest BCUT2D eigenvalue weighted by atomic mass is 32.1. The molecule has 0 amide bonds. The van der Waals surface area contributed by atoms with E-state index in [1.807, 2.05) is 6.92 Å². The van der Waals surface area contributed by atoms with Gasteiger partial charge in [-0.25, -0.2) is 0 Å². The molecule has 4 heteroatoms. The molecule has 1 saturated carbocycles. The van der Waals surface area contributed by atoms with E-state index in [-0.39, 0.29) is 6.10 Å². The fourth-order valence-electron chi connectivity index (χ4n) is 2.26. The van der Waals surface area contributed by atoms with Crippen LogP contribution in [0.5, 0.6) is 0 Å². The predicted molar refractivity (Wildman–Crippen MR) is 76.8 cm³/mol. The van der Waals surface area contributed by atoms with Gasteiger partial charge in [-0.15, -0.1) is 0 Å².